The van der Waals surface area contributed by atoms with Crippen LogP contribution in [-0.2, 0) is 4.79 Å². The normalized spacial score (nSPS) is 27.3. The number of rotatable bonds is 3. The summed E-state index contributed by atoms with van der Waals surface area (Å²) in [4.78, 5) is 27.5. The van der Waals surface area contributed by atoms with E-state index >= 15 is 0 Å². The van der Waals surface area contributed by atoms with Crippen LogP contribution in [0.1, 0.15) is 42.5 Å². The van der Waals surface area contributed by atoms with Crippen molar-refractivity contribution in [3.63, 3.8) is 0 Å². The Bertz CT molecular complexity index is 503. The van der Waals surface area contributed by atoms with E-state index in [0.717, 1.165) is 11.8 Å². The Morgan fingerprint density at radius 1 is 1.15 bits per heavy atom. The summed E-state index contributed by atoms with van der Waals surface area (Å²) in [5.41, 5.74) is 5.45. The van der Waals surface area contributed by atoms with Gasteiger partial charge >= 0.3 is 0 Å². The molecular weight excluding hydrogens is 254 g/mol. The highest BCUT2D eigenvalue weighted by Gasteiger charge is 2.40. The molecule has 1 heterocycles. The zero-order valence-corrected chi connectivity index (χ0v) is 11.3. The number of pyridine rings is 1. The molecule has 0 saturated heterocycles. The van der Waals surface area contributed by atoms with Crippen molar-refractivity contribution in [2.24, 2.45) is 17.8 Å². The van der Waals surface area contributed by atoms with Gasteiger partial charge in [0.25, 0.3) is 5.91 Å². The molecule has 0 aliphatic heterocycles. The third-order valence-electron chi connectivity index (χ3n) is 4.59. The average molecular weight is 273 g/mol. The molecular formula is C15H19N3O2. The van der Waals surface area contributed by atoms with Gasteiger partial charge in [0.1, 0.15) is 0 Å². The fourth-order valence-corrected chi connectivity index (χ4v) is 3.62. The number of carbonyl (C=O) groups is 2. The van der Waals surface area contributed by atoms with Gasteiger partial charge in [0.2, 0.25) is 5.91 Å². The number of nitrogens with zero attached hydrogens (tertiary/aromatic N) is 1. The first-order valence-corrected chi connectivity index (χ1v) is 7.21. The van der Waals surface area contributed by atoms with Crippen molar-refractivity contribution in [2.45, 2.75) is 32.1 Å². The number of aromatic nitrogens is 1. The minimum absolute atomic E-state index is 0.0926. The minimum atomic E-state index is -0.311. The third kappa shape index (κ3) is 2.81. The zero-order chi connectivity index (χ0) is 13.9. The Morgan fingerprint density at radius 3 is 2.60 bits per heavy atom. The van der Waals surface area contributed by atoms with E-state index in [2.05, 4.69) is 15.8 Å². The first-order chi connectivity index (χ1) is 9.72. The van der Waals surface area contributed by atoms with Gasteiger partial charge in [-0.15, -0.1) is 0 Å². The highest BCUT2D eigenvalue weighted by atomic mass is 16.2. The molecule has 2 saturated carbocycles. The fraction of sp³-hybridized carbons (Fsp3) is 0.533. The number of carbonyl (C=O) groups excluding carboxylic acids is 2. The standard InChI is InChI=1S/C15H19N3O2/c19-14(9-13-8-10-1-2-12(13)7-10)17-18-15(20)11-3-5-16-6-4-11/h3-6,10,12-13H,1-2,7-9H2,(H,17,19)(H,18,20)/t10-,12-,13-/m0/s1. The van der Waals surface area contributed by atoms with Crippen LogP contribution < -0.4 is 10.9 Å². The van der Waals surface area contributed by atoms with Gasteiger partial charge in [0.15, 0.2) is 0 Å². The maximum Gasteiger partial charge on any atom is 0.269 e. The fourth-order valence-electron chi connectivity index (χ4n) is 3.62. The summed E-state index contributed by atoms with van der Waals surface area (Å²) in [5, 5.41) is 0. The lowest BCUT2D eigenvalue weighted by atomic mass is 9.86. The summed E-state index contributed by atoms with van der Waals surface area (Å²) in [6.07, 6.45) is 8.70. The van der Waals surface area contributed by atoms with Crippen molar-refractivity contribution >= 4 is 11.8 Å². The molecule has 2 bridgehead atoms. The summed E-state index contributed by atoms with van der Waals surface area (Å²) < 4.78 is 0. The lowest BCUT2D eigenvalue weighted by Crippen LogP contribution is -2.42. The largest absolute Gasteiger partial charge is 0.273 e. The molecule has 106 valence electrons. The number of nitrogens with one attached hydrogen (secondary N) is 2. The van der Waals surface area contributed by atoms with Gasteiger partial charge in [-0.2, -0.15) is 0 Å². The van der Waals surface area contributed by atoms with Crippen LogP contribution in [0.3, 0.4) is 0 Å². The third-order valence-corrected chi connectivity index (χ3v) is 4.59. The van der Waals surface area contributed by atoms with Crippen molar-refractivity contribution in [1.82, 2.24) is 15.8 Å². The second-order valence-electron chi connectivity index (χ2n) is 5.88. The highest BCUT2D eigenvalue weighted by molar-refractivity contribution is 5.95. The van der Waals surface area contributed by atoms with Gasteiger partial charge < -0.3 is 0 Å². The number of hydrazine groups is 1. The monoisotopic (exact) mass is 273 g/mol. The Hall–Kier alpha value is -1.91. The Balaban J connectivity index is 1.44. The molecule has 1 aromatic heterocycles. The quantitative estimate of drug-likeness (QED) is 0.823. The summed E-state index contributed by atoms with van der Waals surface area (Å²) >= 11 is 0. The molecule has 0 unspecified atom stereocenters. The Kier molecular flexibility index (Phi) is 3.67. The van der Waals surface area contributed by atoms with Gasteiger partial charge in [0.05, 0.1) is 0 Å². The minimum Gasteiger partial charge on any atom is -0.273 e. The molecule has 0 aromatic carbocycles. The molecule has 2 aliphatic carbocycles. The molecule has 0 spiro atoms. The van der Waals surface area contributed by atoms with E-state index in [4.69, 9.17) is 0 Å². The second kappa shape index (κ2) is 5.61. The van der Waals surface area contributed by atoms with Gasteiger partial charge in [-0.25, -0.2) is 0 Å². The number of fused-ring (bicyclic) bond motifs is 2. The van der Waals surface area contributed by atoms with Crippen LogP contribution in [0, 0.1) is 17.8 Å². The highest BCUT2D eigenvalue weighted by Crippen LogP contribution is 2.49. The van der Waals surface area contributed by atoms with E-state index in [1.54, 1.807) is 24.5 Å². The molecule has 5 heteroatoms. The van der Waals surface area contributed by atoms with Crippen LogP contribution in [0.4, 0.5) is 0 Å². The zero-order valence-electron chi connectivity index (χ0n) is 11.3. The number of amides is 2. The lowest BCUT2D eigenvalue weighted by Gasteiger charge is -2.20. The smallest absolute Gasteiger partial charge is 0.269 e. The van der Waals surface area contributed by atoms with Crippen LogP contribution in [-0.4, -0.2) is 16.8 Å². The van der Waals surface area contributed by atoms with Crippen molar-refractivity contribution in [1.29, 1.82) is 0 Å². The number of hydrogen-bond acceptors (Lipinski definition) is 3. The summed E-state index contributed by atoms with van der Waals surface area (Å²) in [6.45, 7) is 0. The lowest BCUT2D eigenvalue weighted by molar-refractivity contribution is -0.123. The van der Waals surface area contributed by atoms with E-state index in [1.165, 1.54) is 25.7 Å². The van der Waals surface area contributed by atoms with E-state index in [0.29, 0.717) is 17.9 Å². The first-order valence-electron chi connectivity index (χ1n) is 7.21. The molecule has 2 fully saturated rings. The van der Waals surface area contributed by atoms with Crippen LogP contribution in [0.2, 0.25) is 0 Å². The van der Waals surface area contributed by atoms with E-state index in [-0.39, 0.29) is 11.8 Å². The molecule has 2 N–H and O–H groups in total. The van der Waals surface area contributed by atoms with Gasteiger partial charge in [-0.1, -0.05) is 6.42 Å². The SMILES string of the molecule is O=C(C[C@@H]1C[C@H]2CC[C@H]1C2)NNC(=O)c1ccncc1. The van der Waals surface area contributed by atoms with Crippen molar-refractivity contribution in [3.05, 3.63) is 30.1 Å². The Morgan fingerprint density at radius 2 is 1.95 bits per heavy atom. The molecule has 2 amide bonds. The van der Waals surface area contributed by atoms with Crippen LogP contribution in [0.25, 0.3) is 0 Å². The topological polar surface area (TPSA) is 71.1 Å². The first kappa shape index (κ1) is 13.1. The van der Waals surface area contributed by atoms with E-state index in [1.807, 2.05) is 0 Å². The maximum absolute atomic E-state index is 11.9. The van der Waals surface area contributed by atoms with Gasteiger partial charge in [-0.3, -0.25) is 25.4 Å². The van der Waals surface area contributed by atoms with Crippen LogP contribution >= 0.6 is 0 Å². The molecule has 0 radical (unpaired) electrons. The Labute approximate surface area is 118 Å². The molecule has 3 atom stereocenters. The molecule has 2 aliphatic rings. The second-order valence-corrected chi connectivity index (χ2v) is 5.88. The van der Waals surface area contributed by atoms with Gasteiger partial charge in [-0.05, 0) is 49.1 Å². The predicted molar refractivity (Wildman–Crippen MR) is 73.4 cm³/mol. The number of hydrogen-bond donors (Lipinski definition) is 2. The van der Waals surface area contributed by atoms with Crippen molar-refractivity contribution < 1.29 is 9.59 Å². The predicted octanol–water partition coefficient (Wildman–Crippen LogP) is 1.67. The van der Waals surface area contributed by atoms with Crippen molar-refractivity contribution in [2.75, 3.05) is 0 Å². The van der Waals surface area contributed by atoms with Crippen LogP contribution in [0.15, 0.2) is 24.5 Å². The van der Waals surface area contributed by atoms with Gasteiger partial charge in [0, 0.05) is 24.4 Å². The van der Waals surface area contributed by atoms with Crippen molar-refractivity contribution in [3.8, 4) is 0 Å². The maximum atomic E-state index is 11.9. The average Bonchev–Trinajstić information content (AvgIpc) is 3.08. The van der Waals surface area contributed by atoms with Crippen LogP contribution in [0.5, 0.6) is 0 Å². The summed E-state index contributed by atoms with van der Waals surface area (Å²) in [6, 6.07) is 3.22. The summed E-state index contributed by atoms with van der Waals surface area (Å²) in [5.74, 6) is 1.66. The molecule has 3 rings (SSSR count). The van der Waals surface area contributed by atoms with E-state index in [9.17, 15) is 9.59 Å². The molecule has 1 aromatic rings. The molecule has 5 nitrogen and oxygen atoms in total. The summed E-state index contributed by atoms with van der Waals surface area (Å²) in [7, 11) is 0. The molecule has 20 heavy (non-hydrogen) atoms. The van der Waals surface area contributed by atoms with E-state index < -0.39 is 0 Å².